The minimum Gasteiger partial charge on any atom is -0.309 e. The van der Waals surface area contributed by atoms with Crippen LogP contribution in [0.15, 0.2) is 121 Å². The monoisotopic (exact) mass is 441 g/mol. The predicted molar refractivity (Wildman–Crippen MR) is 139 cm³/mol. The number of fused-ring (bicyclic) bond motifs is 7. The summed E-state index contributed by atoms with van der Waals surface area (Å²) in [5, 5.41) is 5.08. The topological polar surface area (TPSA) is 22.0 Å². The standard InChI is InChI=1S/C30H20NOP/c32-33(22-13-5-2-6-14-22)28-18-10-8-16-24(28)26-20-19-25-23-15-7-9-17-27(23)31(29(25)30(26)33)21-11-3-1-4-12-21/h1-20H. The molecule has 0 saturated heterocycles. The Balaban J connectivity index is 1.74. The fourth-order valence-corrected chi connectivity index (χ4v) is 8.68. The lowest BCUT2D eigenvalue weighted by Crippen LogP contribution is -2.22. The van der Waals surface area contributed by atoms with Gasteiger partial charge < -0.3 is 9.13 Å². The fraction of sp³-hybridized carbons (Fsp3) is 0. The van der Waals surface area contributed by atoms with Crippen LogP contribution in [0.25, 0.3) is 38.6 Å². The smallest absolute Gasteiger partial charge is 0.174 e. The second kappa shape index (κ2) is 6.81. The van der Waals surface area contributed by atoms with Gasteiger partial charge in [-0.15, -0.1) is 0 Å². The number of nitrogens with zero attached hydrogens (tertiary/aromatic N) is 1. The maximum absolute atomic E-state index is 15.3. The Hall–Kier alpha value is -3.87. The summed E-state index contributed by atoms with van der Waals surface area (Å²) in [6.45, 7) is 0. The average molecular weight is 441 g/mol. The molecular formula is C30H20NOP. The van der Waals surface area contributed by atoms with Crippen LogP contribution in [0, 0.1) is 0 Å². The van der Waals surface area contributed by atoms with Crippen LogP contribution in [0.4, 0.5) is 0 Å². The Morgan fingerprint density at radius 3 is 2.03 bits per heavy atom. The van der Waals surface area contributed by atoms with Crippen molar-refractivity contribution in [1.29, 1.82) is 0 Å². The first kappa shape index (κ1) is 18.7. The zero-order valence-corrected chi connectivity index (χ0v) is 18.7. The van der Waals surface area contributed by atoms with Crippen molar-refractivity contribution in [2.45, 2.75) is 0 Å². The van der Waals surface area contributed by atoms with Crippen molar-refractivity contribution in [1.82, 2.24) is 4.57 Å². The van der Waals surface area contributed by atoms with Crippen LogP contribution >= 0.6 is 7.14 Å². The van der Waals surface area contributed by atoms with Crippen LogP contribution in [0.1, 0.15) is 0 Å². The zero-order valence-electron chi connectivity index (χ0n) is 17.8. The minimum atomic E-state index is -3.07. The lowest BCUT2D eigenvalue weighted by atomic mass is 10.0. The van der Waals surface area contributed by atoms with Crippen molar-refractivity contribution in [2.75, 3.05) is 0 Å². The van der Waals surface area contributed by atoms with Gasteiger partial charge in [-0.25, -0.2) is 0 Å². The van der Waals surface area contributed by atoms with Gasteiger partial charge in [0.25, 0.3) is 0 Å². The number of para-hydroxylation sites is 2. The first-order valence-corrected chi connectivity index (χ1v) is 12.9. The molecule has 1 atom stereocenters. The van der Waals surface area contributed by atoms with E-state index < -0.39 is 7.14 Å². The molecule has 0 radical (unpaired) electrons. The molecule has 7 rings (SSSR count). The van der Waals surface area contributed by atoms with E-state index in [2.05, 4.69) is 71.3 Å². The van der Waals surface area contributed by atoms with Crippen LogP contribution in [0.2, 0.25) is 0 Å². The number of benzene rings is 5. The van der Waals surface area contributed by atoms with Crippen molar-refractivity contribution in [3.63, 3.8) is 0 Å². The van der Waals surface area contributed by atoms with Crippen LogP contribution in [0.3, 0.4) is 0 Å². The fourth-order valence-electron chi connectivity index (χ4n) is 5.42. The largest absolute Gasteiger partial charge is 0.309 e. The highest BCUT2D eigenvalue weighted by Crippen LogP contribution is 2.54. The molecule has 2 heterocycles. The molecule has 0 aliphatic carbocycles. The Morgan fingerprint density at radius 2 is 1.21 bits per heavy atom. The predicted octanol–water partition coefficient (Wildman–Crippen LogP) is 6.40. The van der Waals surface area contributed by atoms with Crippen molar-refractivity contribution < 1.29 is 4.57 Å². The Morgan fingerprint density at radius 1 is 0.545 bits per heavy atom. The zero-order chi connectivity index (χ0) is 22.0. The molecule has 1 aromatic heterocycles. The molecule has 5 aromatic carbocycles. The summed E-state index contributed by atoms with van der Waals surface area (Å²) in [7, 11) is -3.07. The molecule has 0 saturated carbocycles. The molecule has 0 bridgehead atoms. The van der Waals surface area contributed by atoms with Gasteiger partial charge in [-0.05, 0) is 29.3 Å². The lowest BCUT2D eigenvalue weighted by molar-refractivity contribution is 0.593. The van der Waals surface area contributed by atoms with Crippen LogP contribution in [-0.4, -0.2) is 4.57 Å². The number of aromatic nitrogens is 1. The van der Waals surface area contributed by atoms with Gasteiger partial charge in [0, 0.05) is 27.1 Å². The Kier molecular flexibility index (Phi) is 3.86. The van der Waals surface area contributed by atoms with Gasteiger partial charge in [0.1, 0.15) is 0 Å². The summed E-state index contributed by atoms with van der Waals surface area (Å²) in [5.41, 5.74) is 5.40. The van der Waals surface area contributed by atoms with Gasteiger partial charge >= 0.3 is 0 Å². The highest BCUT2D eigenvalue weighted by molar-refractivity contribution is 7.86. The molecule has 0 N–H and O–H groups in total. The summed E-state index contributed by atoms with van der Waals surface area (Å²) in [5.74, 6) is 0. The minimum absolute atomic E-state index is 0.883. The molecule has 2 nitrogen and oxygen atoms in total. The summed E-state index contributed by atoms with van der Waals surface area (Å²) in [6, 6.07) is 41.4. The second-order valence-electron chi connectivity index (χ2n) is 8.51. The average Bonchev–Trinajstić information content (AvgIpc) is 3.36. The molecule has 0 fully saturated rings. The third-order valence-electron chi connectivity index (χ3n) is 6.79. The number of rotatable bonds is 2. The maximum atomic E-state index is 15.3. The second-order valence-corrected chi connectivity index (χ2v) is 11.2. The van der Waals surface area contributed by atoms with E-state index in [0.29, 0.717) is 0 Å². The van der Waals surface area contributed by atoms with Gasteiger partial charge in [-0.2, -0.15) is 0 Å². The van der Waals surface area contributed by atoms with E-state index >= 15 is 4.57 Å². The van der Waals surface area contributed by atoms with Crippen molar-refractivity contribution >= 4 is 44.9 Å². The molecule has 0 spiro atoms. The Bertz CT molecular complexity index is 1730. The highest BCUT2D eigenvalue weighted by atomic mass is 31.2. The van der Waals surface area contributed by atoms with Crippen LogP contribution < -0.4 is 15.9 Å². The van der Waals surface area contributed by atoms with E-state index in [9.17, 15) is 0 Å². The van der Waals surface area contributed by atoms with Crippen molar-refractivity contribution in [2.24, 2.45) is 0 Å². The van der Waals surface area contributed by atoms with Crippen molar-refractivity contribution in [3.05, 3.63) is 121 Å². The summed E-state index contributed by atoms with van der Waals surface area (Å²) >= 11 is 0. The van der Waals surface area contributed by atoms with Gasteiger partial charge in [0.15, 0.2) is 7.14 Å². The first-order chi connectivity index (χ1) is 16.3. The summed E-state index contributed by atoms with van der Waals surface area (Å²) in [4.78, 5) is 0. The first-order valence-electron chi connectivity index (χ1n) is 11.2. The van der Waals surface area contributed by atoms with E-state index in [1.807, 2.05) is 54.6 Å². The summed E-state index contributed by atoms with van der Waals surface area (Å²) < 4.78 is 17.6. The molecule has 6 aromatic rings. The van der Waals surface area contributed by atoms with E-state index in [1.165, 1.54) is 5.39 Å². The maximum Gasteiger partial charge on any atom is 0.174 e. The van der Waals surface area contributed by atoms with Gasteiger partial charge in [-0.3, -0.25) is 0 Å². The molecular weight excluding hydrogens is 421 g/mol. The van der Waals surface area contributed by atoms with Gasteiger partial charge in [-0.1, -0.05) is 103 Å². The highest BCUT2D eigenvalue weighted by Gasteiger charge is 2.42. The van der Waals surface area contributed by atoms with E-state index in [0.717, 1.165) is 49.1 Å². The number of hydrogen-bond donors (Lipinski definition) is 0. The van der Waals surface area contributed by atoms with E-state index in [1.54, 1.807) is 0 Å². The number of hydrogen-bond acceptors (Lipinski definition) is 1. The molecule has 1 aliphatic heterocycles. The third kappa shape index (κ3) is 2.42. The molecule has 0 amide bonds. The quantitative estimate of drug-likeness (QED) is 0.285. The third-order valence-corrected chi connectivity index (χ3v) is 9.97. The van der Waals surface area contributed by atoms with E-state index in [-0.39, 0.29) is 0 Å². The molecule has 3 heteroatoms. The van der Waals surface area contributed by atoms with Gasteiger partial charge in [0.2, 0.25) is 0 Å². The van der Waals surface area contributed by atoms with Crippen LogP contribution in [-0.2, 0) is 4.57 Å². The molecule has 1 unspecified atom stereocenters. The Labute approximate surface area is 192 Å². The SMILES string of the molecule is O=P1(c2ccccc2)c2ccccc2-c2ccc3c4ccccc4n(-c4ccccc4)c3c21. The molecule has 156 valence electrons. The van der Waals surface area contributed by atoms with Gasteiger partial charge in [0.05, 0.1) is 16.3 Å². The van der Waals surface area contributed by atoms with E-state index in [4.69, 9.17) is 0 Å². The van der Waals surface area contributed by atoms with Crippen LogP contribution in [0.5, 0.6) is 0 Å². The van der Waals surface area contributed by atoms with Crippen molar-refractivity contribution in [3.8, 4) is 16.8 Å². The molecule has 1 aliphatic rings. The lowest BCUT2D eigenvalue weighted by Gasteiger charge is -2.18. The normalized spacial score (nSPS) is 16.7. The summed E-state index contributed by atoms with van der Waals surface area (Å²) in [6.07, 6.45) is 0. The molecule has 33 heavy (non-hydrogen) atoms.